The Kier molecular flexibility index (Phi) is 4.06. The van der Waals surface area contributed by atoms with Crippen LogP contribution in [0.3, 0.4) is 0 Å². The predicted octanol–water partition coefficient (Wildman–Crippen LogP) is 3.10. The molecule has 0 heterocycles. The summed E-state index contributed by atoms with van der Waals surface area (Å²) in [6, 6.07) is 10.6. The number of nitrogens with zero attached hydrogens (tertiary/aromatic N) is 1. The van der Waals surface area contributed by atoms with Gasteiger partial charge in [-0.2, -0.15) is 5.26 Å². The molecule has 0 aliphatic carbocycles. The highest BCUT2D eigenvalue weighted by atomic mass is 19.1. The molecule has 2 aromatic carbocycles. The molecule has 0 aliphatic heterocycles. The van der Waals surface area contributed by atoms with Crippen molar-refractivity contribution in [1.29, 1.82) is 5.26 Å². The molecule has 20 heavy (non-hydrogen) atoms. The zero-order valence-corrected chi connectivity index (χ0v) is 10.3. The van der Waals surface area contributed by atoms with E-state index in [1.165, 1.54) is 30.3 Å². The fourth-order valence-corrected chi connectivity index (χ4v) is 1.57. The summed E-state index contributed by atoms with van der Waals surface area (Å²) in [5, 5.41) is 8.58. The van der Waals surface area contributed by atoms with E-state index < -0.39 is 17.4 Å². The van der Waals surface area contributed by atoms with Gasteiger partial charge in [0.2, 0.25) is 0 Å². The zero-order valence-electron chi connectivity index (χ0n) is 10.3. The fraction of sp³-hybridized carbons (Fsp3) is 0.0667. The van der Waals surface area contributed by atoms with Crippen LogP contribution in [-0.2, 0) is 0 Å². The SMILES string of the molecule is N#Cc1ccc(OCC(=O)c2cccc(F)c2)cc1F. The van der Waals surface area contributed by atoms with E-state index in [0.29, 0.717) is 0 Å². The number of benzene rings is 2. The molecule has 0 atom stereocenters. The molecule has 0 fully saturated rings. The molecule has 0 aliphatic rings. The molecule has 0 N–H and O–H groups in total. The molecular formula is C15H9F2NO2. The van der Waals surface area contributed by atoms with Crippen LogP contribution in [0.15, 0.2) is 42.5 Å². The zero-order chi connectivity index (χ0) is 14.5. The van der Waals surface area contributed by atoms with Gasteiger partial charge in [-0.3, -0.25) is 4.79 Å². The van der Waals surface area contributed by atoms with Gasteiger partial charge in [0, 0.05) is 11.6 Å². The minimum absolute atomic E-state index is 0.103. The van der Waals surface area contributed by atoms with Crippen LogP contribution in [0.2, 0.25) is 0 Å². The Balaban J connectivity index is 2.04. The molecule has 100 valence electrons. The summed E-state index contributed by atoms with van der Waals surface area (Å²) in [5.74, 6) is -1.52. The van der Waals surface area contributed by atoms with Crippen molar-refractivity contribution < 1.29 is 18.3 Å². The Morgan fingerprint density at radius 2 is 2.00 bits per heavy atom. The first-order valence-electron chi connectivity index (χ1n) is 5.71. The first-order chi connectivity index (χ1) is 9.60. The average molecular weight is 273 g/mol. The molecular weight excluding hydrogens is 264 g/mol. The van der Waals surface area contributed by atoms with Crippen molar-refractivity contribution in [3.05, 3.63) is 65.2 Å². The third-order valence-corrected chi connectivity index (χ3v) is 2.58. The number of carbonyl (C=O) groups excluding carboxylic acids is 1. The quantitative estimate of drug-likeness (QED) is 0.804. The van der Waals surface area contributed by atoms with E-state index in [2.05, 4.69) is 0 Å². The standard InChI is InChI=1S/C15H9F2NO2/c16-12-3-1-2-10(6-12)15(19)9-20-13-5-4-11(8-18)14(17)7-13/h1-7H,9H2. The minimum atomic E-state index is -0.719. The molecule has 3 nitrogen and oxygen atoms in total. The lowest BCUT2D eigenvalue weighted by atomic mass is 10.1. The first kappa shape index (κ1) is 13.7. The van der Waals surface area contributed by atoms with Crippen LogP contribution in [0.4, 0.5) is 8.78 Å². The fourth-order valence-electron chi connectivity index (χ4n) is 1.57. The molecule has 0 saturated carbocycles. The summed E-state index contributed by atoms with van der Waals surface area (Å²) >= 11 is 0. The van der Waals surface area contributed by atoms with Gasteiger partial charge in [-0.15, -0.1) is 0 Å². The summed E-state index contributed by atoms with van der Waals surface area (Å²) in [4.78, 5) is 11.7. The van der Waals surface area contributed by atoms with Crippen molar-refractivity contribution in [1.82, 2.24) is 0 Å². The van der Waals surface area contributed by atoms with Crippen LogP contribution in [0.1, 0.15) is 15.9 Å². The lowest BCUT2D eigenvalue weighted by Crippen LogP contribution is -2.11. The molecule has 5 heteroatoms. The van der Waals surface area contributed by atoms with Crippen molar-refractivity contribution in [2.75, 3.05) is 6.61 Å². The normalized spacial score (nSPS) is 9.85. The molecule has 0 amide bonds. The van der Waals surface area contributed by atoms with E-state index in [1.54, 1.807) is 6.07 Å². The highest BCUT2D eigenvalue weighted by molar-refractivity contribution is 5.97. The van der Waals surface area contributed by atoms with Gasteiger partial charge in [0.25, 0.3) is 0 Å². The molecule has 0 saturated heterocycles. The highest BCUT2D eigenvalue weighted by Crippen LogP contribution is 2.16. The van der Waals surface area contributed by atoms with E-state index in [0.717, 1.165) is 12.1 Å². The summed E-state index contributed by atoms with van der Waals surface area (Å²) in [6.45, 7) is -0.338. The number of hydrogen-bond acceptors (Lipinski definition) is 3. The van der Waals surface area contributed by atoms with Crippen LogP contribution in [0, 0.1) is 23.0 Å². The van der Waals surface area contributed by atoms with Crippen molar-refractivity contribution >= 4 is 5.78 Å². The number of ketones is 1. The molecule has 0 spiro atoms. The number of rotatable bonds is 4. The topological polar surface area (TPSA) is 50.1 Å². The third-order valence-electron chi connectivity index (χ3n) is 2.58. The van der Waals surface area contributed by atoms with Gasteiger partial charge < -0.3 is 4.74 Å². The van der Waals surface area contributed by atoms with Gasteiger partial charge in [0.05, 0.1) is 5.56 Å². The van der Waals surface area contributed by atoms with E-state index in [4.69, 9.17) is 10.00 Å². The smallest absolute Gasteiger partial charge is 0.200 e. The predicted molar refractivity (Wildman–Crippen MR) is 67.3 cm³/mol. The van der Waals surface area contributed by atoms with Crippen molar-refractivity contribution in [3.8, 4) is 11.8 Å². The number of ether oxygens (including phenoxy) is 1. The van der Waals surface area contributed by atoms with Crippen molar-refractivity contribution in [2.24, 2.45) is 0 Å². The van der Waals surface area contributed by atoms with Gasteiger partial charge in [0.1, 0.15) is 23.5 Å². The molecule has 0 bridgehead atoms. The summed E-state index contributed by atoms with van der Waals surface area (Å²) in [7, 11) is 0. The van der Waals surface area contributed by atoms with Gasteiger partial charge in [-0.1, -0.05) is 12.1 Å². The van der Waals surface area contributed by atoms with E-state index in [9.17, 15) is 13.6 Å². The molecule has 2 aromatic rings. The van der Waals surface area contributed by atoms with Gasteiger partial charge in [-0.25, -0.2) is 8.78 Å². The second kappa shape index (κ2) is 5.93. The summed E-state index contributed by atoms with van der Waals surface area (Å²) < 4.78 is 31.4. The first-order valence-corrected chi connectivity index (χ1v) is 5.71. The summed E-state index contributed by atoms with van der Waals surface area (Å²) in [6.07, 6.45) is 0. The highest BCUT2D eigenvalue weighted by Gasteiger charge is 2.09. The van der Waals surface area contributed by atoms with Crippen LogP contribution in [0.5, 0.6) is 5.75 Å². The van der Waals surface area contributed by atoms with Gasteiger partial charge in [0.15, 0.2) is 12.4 Å². The van der Waals surface area contributed by atoms with Crippen LogP contribution >= 0.6 is 0 Å². The molecule has 2 rings (SSSR count). The lowest BCUT2D eigenvalue weighted by Gasteiger charge is -2.06. The van der Waals surface area contributed by atoms with E-state index >= 15 is 0 Å². The average Bonchev–Trinajstić information content (AvgIpc) is 2.45. The largest absolute Gasteiger partial charge is 0.485 e. The van der Waals surface area contributed by atoms with Gasteiger partial charge >= 0.3 is 0 Å². The maximum absolute atomic E-state index is 13.3. The Hall–Kier alpha value is -2.74. The second-order valence-electron chi connectivity index (χ2n) is 3.98. The van der Waals surface area contributed by atoms with E-state index in [1.807, 2.05) is 0 Å². The number of halogens is 2. The Labute approximate surface area is 114 Å². The molecule has 0 radical (unpaired) electrons. The number of carbonyl (C=O) groups is 1. The molecule has 0 aromatic heterocycles. The van der Waals surface area contributed by atoms with Crippen molar-refractivity contribution in [3.63, 3.8) is 0 Å². The lowest BCUT2D eigenvalue weighted by molar-refractivity contribution is 0.0921. The van der Waals surface area contributed by atoms with Crippen LogP contribution in [-0.4, -0.2) is 12.4 Å². The second-order valence-corrected chi connectivity index (χ2v) is 3.98. The van der Waals surface area contributed by atoms with Crippen molar-refractivity contribution in [2.45, 2.75) is 0 Å². The monoisotopic (exact) mass is 273 g/mol. The Morgan fingerprint density at radius 1 is 1.20 bits per heavy atom. The molecule has 0 unspecified atom stereocenters. The summed E-state index contributed by atoms with van der Waals surface area (Å²) in [5.41, 5.74) is 0.0768. The number of hydrogen-bond donors (Lipinski definition) is 0. The van der Waals surface area contributed by atoms with Crippen LogP contribution in [0.25, 0.3) is 0 Å². The maximum Gasteiger partial charge on any atom is 0.200 e. The Morgan fingerprint density at radius 3 is 2.65 bits per heavy atom. The number of Topliss-reactive ketones (excluding diaryl/α,β-unsaturated/α-hetero) is 1. The minimum Gasteiger partial charge on any atom is -0.485 e. The van der Waals surface area contributed by atoms with Crippen LogP contribution < -0.4 is 4.74 Å². The Bertz CT molecular complexity index is 693. The van der Waals surface area contributed by atoms with Gasteiger partial charge in [-0.05, 0) is 24.3 Å². The third kappa shape index (κ3) is 3.18. The number of nitriles is 1. The maximum atomic E-state index is 13.3. The van der Waals surface area contributed by atoms with E-state index in [-0.39, 0.29) is 23.5 Å².